The molecule has 0 N–H and O–H groups in total. The molecule has 1 fully saturated rings. The molecule has 1 aliphatic rings. The van der Waals surface area contributed by atoms with Crippen molar-refractivity contribution in [2.75, 3.05) is 33.4 Å². The molecule has 0 aliphatic carbocycles. The van der Waals surface area contributed by atoms with Crippen LogP contribution in [0.5, 0.6) is 5.75 Å². The molecule has 0 radical (unpaired) electrons. The van der Waals surface area contributed by atoms with E-state index in [1.807, 2.05) is 0 Å². The number of hydrogen-bond donors (Lipinski definition) is 0. The van der Waals surface area contributed by atoms with E-state index in [-0.39, 0.29) is 4.90 Å². The van der Waals surface area contributed by atoms with E-state index in [2.05, 4.69) is 4.74 Å². The first-order chi connectivity index (χ1) is 10.4. The van der Waals surface area contributed by atoms with Crippen LogP contribution in [-0.2, 0) is 24.3 Å². The molecular weight excluding hydrogens is 310 g/mol. The zero-order chi connectivity index (χ0) is 16.2. The van der Waals surface area contributed by atoms with E-state index >= 15 is 0 Å². The standard InChI is InChI=1S/C14H19NO6S/c1-11(14(16)19-2)21-12-3-5-13(6-4-12)22(17,18)15-7-9-20-10-8-15/h3-6,11H,7-10H2,1-2H3/t11-/m1/s1. The molecule has 1 heterocycles. The summed E-state index contributed by atoms with van der Waals surface area (Å²) in [5.41, 5.74) is 0. The fourth-order valence-corrected chi connectivity index (χ4v) is 3.45. The van der Waals surface area contributed by atoms with Crippen LogP contribution in [0.3, 0.4) is 0 Å². The zero-order valence-electron chi connectivity index (χ0n) is 12.5. The largest absolute Gasteiger partial charge is 0.479 e. The minimum Gasteiger partial charge on any atom is -0.479 e. The van der Waals surface area contributed by atoms with Crippen LogP contribution in [0.25, 0.3) is 0 Å². The highest BCUT2D eigenvalue weighted by Crippen LogP contribution is 2.21. The van der Waals surface area contributed by atoms with Crippen molar-refractivity contribution >= 4 is 16.0 Å². The minimum absolute atomic E-state index is 0.187. The van der Waals surface area contributed by atoms with E-state index in [0.29, 0.717) is 32.1 Å². The van der Waals surface area contributed by atoms with Gasteiger partial charge in [0.1, 0.15) is 5.75 Å². The van der Waals surface area contributed by atoms with Crippen LogP contribution >= 0.6 is 0 Å². The number of carbonyl (C=O) groups excluding carboxylic acids is 1. The molecule has 2 rings (SSSR count). The van der Waals surface area contributed by atoms with Gasteiger partial charge in [-0.3, -0.25) is 0 Å². The molecule has 122 valence electrons. The third-order valence-corrected chi connectivity index (χ3v) is 5.19. The van der Waals surface area contributed by atoms with E-state index < -0.39 is 22.1 Å². The molecular formula is C14H19NO6S. The Morgan fingerprint density at radius 2 is 1.82 bits per heavy atom. The molecule has 0 unspecified atom stereocenters. The van der Waals surface area contributed by atoms with E-state index in [0.717, 1.165) is 0 Å². The molecule has 0 spiro atoms. The normalized spacial score (nSPS) is 17.7. The van der Waals surface area contributed by atoms with Gasteiger partial charge >= 0.3 is 5.97 Å². The summed E-state index contributed by atoms with van der Waals surface area (Å²) in [6.07, 6.45) is -0.758. The predicted octanol–water partition coefficient (Wildman–Crippen LogP) is 0.648. The number of carbonyl (C=O) groups is 1. The van der Waals surface area contributed by atoms with Gasteiger partial charge in [0.2, 0.25) is 10.0 Å². The molecule has 1 aliphatic heterocycles. The van der Waals surface area contributed by atoms with Gasteiger partial charge in [-0.25, -0.2) is 13.2 Å². The SMILES string of the molecule is COC(=O)[C@@H](C)Oc1ccc(S(=O)(=O)N2CCOCC2)cc1. The lowest BCUT2D eigenvalue weighted by Crippen LogP contribution is -2.40. The van der Waals surface area contributed by atoms with Gasteiger partial charge in [-0.05, 0) is 31.2 Å². The summed E-state index contributed by atoms with van der Waals surface area (Å²) in [4.78, 5) is 11.5. The maximum absolute atomic E-state index is 12.4. The summed E-state index contributed by atoms with van der Waals surface area (Å²) in [6, 6.07) is 5.97. The van der Waals surface area contributed by atoms with Gasteiger partial charge in [-0.15, -0.1) is 0 Å². The Morgan fingerprint density at radius 1 is 1.23 bits per heavy atom. The number of esters is 1. The fraction of sp³-hybridized carbons (Fsp3) is 0.500. The van der Waals surface area contributed by atoms with Crippen molar-refractivity contribution in [1.29, 1.82) is 0 Å². The second-order valence-corrected chi connectivity index (χ2v) is 6.71. The van der Waals surface area contributed by atoms with Gasteiger partial charge in [0.25, 0.3) is 0 Å². The predicted molar refractivity (Wildman–Crippen MR) is 78.1 cm³/mol. The van der Waals surface area contributed by atoms with Gasteiger partial charge in [-0.1, -0.05) is 0 Å². The van der Waals surface area contributed by atoms with Gasteiger partial charge in [0, 0.05) is 13.1 Å². The van der Waals surface area contributed by atoms with Gasteiger partial charge in [-0.2, -0.15) is 4.31 Å². The minimum atomic E-state index is -3.52. The van der Waals surface area contributed by atoms with Crippen LogP contribution in [0.4, 0.5) is 0 Å². The maximum Gasteiger partial charge on any atom is 0.346 e. The highest BCUT2D eigenvalue weighted by atomic mass is 32.2. The van der Waals surface area contributed by atoms with Gasteiger partial charge < -0.3 is 14.2 Å². The molecule has 1 atom stereocenters. The number of benzene rings is 1. The Bertz CT molecular complexity index is 607. The summed E-state index contributed by atoms with van der Waals surface area (Å²) < 4.78 is 41.4. The molecule has 0 saturated carbocycles. The second kappa shape index (κ2) is 7.08. The highest BCUT2D eigenvalue weighted by Gasteiger charge is 2.26. The number of morpholine rings is 1. The van der Waals surface area contributed by atoms with Crippen molar-refractivity contribution in [2.24, 2.45) is 0 Å². The number of methoxy groups -OCH3 is 1. The lowest BCUT2D eigenvalue weighted by Gasteiger charge is -2.26. The average Bonchev–Trinajstić information content (AvgIpc) is 2.55. The van der Waals surface area contributed by atoms with Crippen LogP contribution in [0.15, 0.2) is 29.2 Å². The Balaban J connectivity index is 2.09. The third kappa shape index (κ3) is 3.76. The molecule has 0 bridgehead atoms. The van der Waals surface area contributed by atoms with Crippen molar-refractivity contribution in [3.63, 3.8) is 0 Å². The molecule has 1 saturated heterocycles. The van der Waals surface area contributed by atoms with Crippen molar-refractivity contribution in [3.8, 4) is 5.75 Å². The van der Waals surface area contributed by atoms with Crippen molar-refractivity contribution in [1.82, 2.24) is 4.31 Å². The molecule has 1 aromatic rings. The highest BCUT2D eigenvalue weighted by molar-refractivity contribution is 7.89. The smallest absolute Gasteiger partial charge is 0.346 e. The summed E-state index contributed by atoms with van der Waals surface area (Å²) in [7, 11) is -2.24. The Kier molecular flexibility index (Phi) is 5.38. The molecule has 0 aromatic heterocycles. The molecule has 22 heavy (non-hydrogen) atoms. The van der Waals surface area contributed by atoms with Crippen molar-refractivity contribution < 1.29 is 27.4 Å². The summed E-state index contributed by atoms with van der Waals surface area (Å²) in [5, 5.41) is 0. The number of hydrogen-bond acceptors (Lipinski definition) is 6. The Morgan fingerprint density at radius 3 is 2.36 bits per heavy atom. The van der Waals surface area contributed by atoms with Crippen LogP contribution in [-0.4, -0.2) is 58.2 Å². The monoisotopic (exact) mass is 329 g/mol. The van der Waals surface area contributed by atoms with Crippen LogP contribution in [0, 0.1) is 0 Å². The summed E-state index contributed by atoms with van der Waals surface area (Å²) >= 11 is 0. The van der Waals surface area contributed by atoms with Crippen LogP contribution in [0.2, 0.25) is 0 Å². The maximum atomic E-state index is 12.4. The van der Waals surface area contributed by atoms with Gasteiger partial charge in [0.15, 0.2) is 6.10 Å². The Hall–Kier alpha value is -1.64. The van der Waals surface area contributed by atoms with E-state index in [9.17, 15) is 13.2 Å². The average molecular weight is 329 g/mol. The molecule has 0 amide bonds. The number of nitrogens with zero attached hydrogens (tertiary/aromatic N) is 1. The summed E-state index contributed by atoms with van der Waals surface area (Å²) in [5.74, 6) is -0.0937. The zero-order valence-corrected chi connectivity index (χ0v) is 13.3. The van der Waals surface area contributed by atoms with Crippen LogP contribution < -0.4 is 4.74 Å². The number of sulfonamides is 1. The van der Waals surface area contributed by atoms with Crippen molar-refractivity contribution in [2.45, 2.75) is 17.9 Å². The van der Waals surface area contributed by atoms with E-state index in [4.69, 9.17) is 9.47 Å². The Labute approximate surface area is 129 Å². The summed E-state index contributed by atoms with van der Waals surface area (Å²) in [6.45, 7) is 3.05. The number of rotatable bonds is 5. The fourth-order valence-electron chi connectivity index (χ4n) is 2.04. The van der Waals surface area contributed by atoms with E-state index in [1.54, 1.807) is 6.92 Å². The molecule has 1 aromatic carbocycles. The number of ether oxygens (including phenoxy) is 3. The first-order valence-electron chi connectivity index (χ1n) is 6.87. The second-order valence-electron chi connectivity index (χ2n) is 4.77. The molecule has 7 nitrogen and oxygen atoms in total. The lowest BCUT2D eigenvalue weighted by atomic mass is 10.3. The third-order valence-electron chi connectivity index (χ3n) is 3.28. The quantitative estimate of drug-likeness (QED) is 0.738. The van der Waals surface area contributed by atoms with Gasteiger partial charge in [0.05, 0.1) is 25.2 Å². The lowest BCUT2D eigenvalue weighted by molar-refractivity contribution is -0.147. The van der Waals surface area contributed by atoms with E-state index in [1.165, 1.54) is 35.7 Å². The van der Waals surface area contributed by atoms with Crippen LogP contribution in [0.1, 0.15) is 6.92 Å². The van der Waals surface area contributed by atoms with Crippen molar-refractivity contribution in [3.05, 3.63) is 24.3 Å². The first kappa shape index (κ1) is 16.7. The topological polar surface area (TPSA) is 82.1 Å². The first-order valence-corrected chi connectivity index (χ1v) is 8.31. The molecule has 8 heteroatoms.